The Morgan fingerprint density at radius 1 is 1.32 bits per heavy atom. The van der Waals surface area contributed by atoms with Gasteiger partial charge in [0.15, 0.2) is 0 Å². The highest BCUT2D eigenvalue weighted by Crippen LogP contribution is 2.31. The summed E-state index contributed by atoms with van der Waals surface area (Å²) in [6.07, 6.45) is 5.00. The molecule has 2 nitrogen and oxygen atoms in total. The molecule has 1 saturated carbocycles. The van der Waals surface area contributed by atoms with Crippen LogP contribution in [0.25, 0.3) is 0 Å². The van der Waals surface area contributed by atoms with Gasteiger partial charge in [-0.2, -0.15) is 0 Å². The molecule has 0 saturated heterocycles. The summed E-state index contributed by atoms with van der Waals surface area (Å²) < 4.78 is 0. The summed E-state index contributed by atoms with van der Waals surface area (Å²) in [5.74, 6) is 0.873. The number of benzene rings is 1. The fourth-order valence-corrected chi connectivity index (χ4v) is 2.70. The van der Waals surface area contributed by atoms with Crippen molar-refractivity contribution < 1.29 is 4.79 Å². The Kier molecular flexibility index (Phi) is 4.76. The number of rotatable bonds is 8. The first kappa shape index (κ1) is 14.3. The zero-order chi connectivity index (χ0) is 13.7. The fraction of sp³-hybridized carbons (Fsp3) is 0.588. The molecule has 0 heterocycles. The van der Waals surface area contributed by atoms with Crippen molar-refractivity contribution in [3.8, 4) is 0 Å². The van der Waals surface area contributed by atoms with Crippen LogP contribution < -0.4 is 0 Å². The molecule has 1 atom stereocenters. The van der Waals surface area contributed by atoms with E-state index < -0.39 is 0 Å². The van der Waals surface area contributed by atoms with Gasteiger partial charge in [0.05, 0.1) is 5.41 Å². The molecule has 0 radical (unpaired) electrons. The largest absolute Gasteiger partial charge is 0.302 e. The SMILES string of the molecule is CCCN(CC1CC1)CC(C)(C=O)c1ccccc1. The van der Waals surface area contributed by atoms with Crippen molar-refractivity contribution in [2.45, 2.75) is 38.5 Å². The maximum absolute atomic E-state index is 11.6. The first-order chi connectivity index (χ1) is 9.18. The van der Waals surface area contributed by atoms with E-state index >= 15 is 0 Å². The van der Waals surface area contributed by atoms with Gasteiger partial charge in [-0.1, -0.05) is 37.3 Å². The summed E-state index contributed by atoms with van der Waals surface area (Å²) in [6.45, 7) is 7.35. The Morgan fingerprint density at radius 2 is 2.00 bits per heavy atom. The van der Waals surface area contributed by atoms with Crippen LogP contribution in [0.15, 0.2) is 30.3 Å². The van der Waals surface area contributed by atoms with E-state index in [1.807, 2.05) is 18.2 Å². The highest BCUT2D eigenvalue weighted by atomic mass is 16.1. The van der Waals surface area contributed by atoms with Crippen molar-refractivity contribution in [1.29, 1.82) is 0 Å². The van der Waals surface area contributed by atoms with E-state index in [2.05, 4.69) is 30.9 Å². The molecule has 1 fully saturated rings. The van der Waals surface area contributed by atoms with Crippen LogP contribution in [0.3, 0.4) is 0 Å². The van der Waals surface area contributed by atoms with E-state index in [4.69, 9.17) is 0 Å². The van der Waals surface area contributed by atoms with Gasteiger partial charge in [0.1, 0.15) is 6.29 Å². The predicted molar refractivity (Wildman–Crippen MR) is 79.3 cm³/mol. The molecule has 0 aliphatic heterocycles. The van der Waals surface area contributed by atoms with Crippen molar-refractivity contribution in [2.75, 3.05) is 19.6 Å². The Bertz CT molecular complexity index is 399. The predicted octanol–water partition coefficient (Wildman–Crippen LogP) is 3.27. The lowest BCUT2D eigenvalue weighted by atomic mass is 9.83. The molecule has 2 heteroatoms. The van der Waals surface area contributed by atoms with Crippen LogP contribution in [0.4, 0.5) is 0 Å². The average Bonchev–Trinajstić information content (AvgIpc) is 3.24. The van der Waals surface area contributed by atoms with Crippen molar-refractivity contribution >= 4 is 6.29 Å². The van der Waals surface area contributed by atoms with Crippen LogP contribution in [-0.2, 0) is 10.2 Å². The zero-order valence-electron chi connectivity index (χ0n) is 12.1. The molecule has 1 aromatic carbocycles. The van der Waals surface area contributed by atoms with Gasteiger partial charge in [-0.25, -0.2) is 0 Å². The molecule has 1 aliphatic carbocycles. The summed E-state index contributed by atoms with van der Waals surface area (Å²) in [5.41, 5.74) is 0.743. The van der Waals surface area contributed by atoms with E-state index in [0.29, 0.717) is 0 Å². The Morgan fingerprint density at radius 3 is 2.53 bits per heavy atom. The molecule has 0 N–H and O–H groups in total. The highest BCUT2D eigenvalue weighted by Gasteiger charge is 2.31. The number of nitrogens with zero attached hydrogens (tertiary/aromatic N) is 1. The Labute approximate surface area is 116 Å². The van der Waals surface area contributed by atoms with Crippen molar-refractivity contribution in [3.63, 3.8) is 0 Å². The van der Waals surface area contributed by atoms with Crippen molar-refractivity contribution in [2.24, 2.45) is 5.92 Å². The second-order valence-electron chi connectivity index (χ2n) is 6.08. The lowest BCUT2D eigenvalue weighted by Crippen LogP contribution is -2.41. The maximum Gasteiger partial charge on any atom is 0.131 e. The summed E-state index contributed by atoms with van der Waals surface area (Å²) in [5, 5.41) is 0. The summed E-state index contributed by atoms with van der Waals surface area (Å²) >= 11 is 0. The van der Waals surface area contributed by atoms with Gasteiger partial charge in [0.2, 0.25) is 0 Å². The standard InChI is InChI=1S/C17H25NO/c1-3-11-18(12-15-9-10-15)13-17(2,14-19)16-7-5-4-6-8-16/h4-8,14-15H,3,9-13H2,1-2H3. The zero-order valence-corrected chi connectivity index (χ0v) is 12.1. The molecular formula is C17H25NO. The van der Waals surface area contributed by atoms with Gasteiger partial charge in [0, 0.05) is 13.1 Å². The first-order valence-corrected chi connectivity index (χ1v) is 7.42. The minimum absolute atomic E-state index is 0.384. The second-order valence-corrected chi connectivity index (χ2v) is 6.08. The molecule has 0 aromatic heterocycles. The molecule has 104 valence electrons. The number of aldehydes is 1. The van der Waals surface area contributed by atoms with Gasteiger partial charge < -0.3 is 9.69 Å². The number of carbonyl (C=O) groups excluding carboxylic acids is 1. The summed E-state index contributed by atoms with van der Waals surface area (Å²) in [6, 6.07) is 10.2. The smallest absolute Gasteiger partial charge is 0.131 e. The van der Waals surface area contributed by atoms with Crippen LogP contribution in [0.2, 0.25) is 0 Å². The van der Waals surface area contributed by atoms with Crippen molar-refractivity contribution in [1.82, 2.24) is 4.90 Å². The molecule has 2 rings (SSSR count). The lowest BCUT2D eigenvalue weighted by Gasteiger charge is -2.32. The molecule has 1 unspecified atom stereocenters. The maximum atomic E-state index is 11.6. The Balaban J connectivity index is 2.08. The van der Waals surface area contributed by atoms with Crippen LogP contribution >= 0.6 is 0 Å². The van der Waals surface area contributed by atoms with E-state index in [1.165, 1.54) is 12.8 Å². The number of hydrogen-bond acceptors (Lipinski definition) is 2. The Hall–Kier alpha value is -1.15. The monoisotopic (exact) mass is 259 g/mol. The summed E-state index contributed by atoms with van der Waals surface area (Å²) in [4.78, 5) is 14.1. The topological polar surface area (TPSA) is 20.3 Å². The lowest BCUT2D eigenvalue weighted by molar-refractivity contribution is -0.112. The van der Waals surface area contributed by atoms with Crippen molar-refractivity contribution in [3.05, 3.63) is 35.9 Å². The van der Waals surface area contributed by atoms with E-state index in [9.17, 15) is 4.79 Å². The third-order valence-corrected chi connectivity index (χ3v) is 4.00. The minimum Gasteiger partial charge on any atom is -0.302 e. The molecule has 0 bridgehead atoms. The quantitative estimate of drug-likeness (QED) is 0.668. The molecule has 19 heavy (non-hydrogen) atoms. The van der Waals surface area contributed by atoms with Crippen LogP contribution in [0.5, 0.6) is 0 Å². The number of hydrogen-bond donors (Lipinski definition) is 0. The molecule has 0 amide bonds. The third kappa shape index (κ3) is 3.90. The van der Waals surface area contributed by atoms with Gasteiger partial charge in [-0.3, -0.25) is 0 Å². The fourth-order valence-electron chi connectivity index (χ4n) is 2.70. The van der Waals surface area contributed by atoms with Crippen LogP contribution in [0.1, 0.15) is 38.7 Å². The van der Waals surface area contributed by atoms with Gasteiger partial charge >= 0.3 is 0 Å². The molecular weight excluding hydrogens is 234 g/mol. The molecule has 1 aliphatic rings. The minimum atomic E-state index is -0.384. The van der Waals surface area contributed by atoms with E-state index in [-0.39, 0.29) is 5.41 Å². The first-order valence-electron chi connectivity index (χ1n) is 7.42. The summed E-state index contributed by atoms with van der Waals surface area (Å²) in [7, 11) is 0. The van der Waals surface area contributed by atoms with Crippen LogP contribution in [-0.4, -0.2) is 30.8 Å². The molecule has 1 aromatic rings. The second kappa shape index (κ2) is 6.33. The average molecular weight is 259 g/mol. The number of carbonyl (C=O) groups is 1. The van der Waals surface area contributed by atoms with Gasteiger partial charge in [-0.15, -0.1) is 0 Å². The van der Waals surface area contributed by atoms with E-state index in [1.54, 1.807) is 0 Å². The molecule has 0 spiro atoms. The highest BCUT2D eigenvalue weighted by molar-refractivity contribution is 5.68. The van der Waals surface area contributed by atoms with Gasteiger partial charge in [0.25, 0.3) is 0 Å². The van der Waals surface area contributed by atoms with Crippen LogP contribution in [0, 0.1) is 5.92 Å². The van der Waals surface area contributed by atoms with Gasteiger partial charge in [-0.05, 0) is 44.2 Å². The normalized spacial score (nSPS) is 18.3. The third-order valence-electron chi connectivity index (χ3n) is 4.00. The van der Waals surface area contributed by atoms with E-state index in [0.717, 1.165) is 43.8 Å².